The summed E-state index contributed by atoms with van der Waals surface area (Å²) in [5.74, 6) is -3.18. The van der Waals surface area contributed by atoms with Crippen molar-refractivity contribution in [3.8, 4) is 0 Å². The number of nitrogens with one attached hydrogen (secondary N) is 2. The van der Waals surface area contributed by atoms with Crippen LogP contribution < -0.4 is 20.4 Å². The lowest BCUT2D eigenvalue weighted by molar-refractivity contribution is -0.132. The monoisotopic (exact) mass is 572 g/mol. The normalized spacial score (nSPS) is 25.8. The highest BCUT2D eigenvalue weighted by Crippen LogP contribution is 2.55. The summed E-state index contributed by atoms with van der Waals surface area (Å²) >= 11 is 3.39. The number of halogens is 1. The van der Waals surface area contributed by atoms with Crippen molar-refractivity contribution in [2.75, 3.05) is 21.7 Å². The standard InChI is InChI=1S/C29H25BrN4O4/c1-16-7-11-19(12-8-16)31-23(35)15-33-22-6-4-3-5-21(22)29(28(33)38)25-24(17(2)32-29)26(36)34(27(25)37)20-13-9-18(30)10-14-20/h3-14,17,24-25,32H,15H2,1-2H3,(H,31,35)/t17-,24+,25-,29-/m0/s1. The predicted molar refractivity (Wildman–Crippen MR) is 146 cm³/mol. The van der Waals surface area contributed by atoms with Crippen LogP contribution in [0, 0.1) is 18.8 Å². The van der Waals surface area contributed by atoms with Crippen LogP contribution in [0.2, 0.25) is 0 Å². The lowest BCUT2D eigenvalue weighted by Gasteiger charge is -2.30. The van der Waals surface area contributed by atoms with Gasteiger partial charge >= 0.3 is 0 Å². The molecule has 6 rings (SSSR count). The van der Waals surface area contributed by atoms with Gasteiger partial charge in [-0.15, -0.1) is 0 Å². The molecule has 3 heterocycles. The van der Waals surface area contributed by atoms with E-state index in [2.05, 4.69) is 26.6 Å². The molecule has 0 aliphatic carbocycles. The minimum atomic E-state index is -1.44. The van der Waals surface area contributed by atoms with E-state index in [-0.39, 0.29) is 18.4 Å². The number of imide groups is 1. The first-order chi connectivity index (χ1) is 18.2. The molecule has 3 aromatic carbocycles. The van der Waals surface area contributed by atoms with Crippen LogP contribution in [-0.4, -0.2) is 36.2 Å². The third-order valence-electron chi connectivity index (χ3n) is 7.74. The van der Waals surface area contributed by atoms with E-state index in [4.69, 9.17) is 0 Å². The summed E-state index contributed by atoms with van der Waals surface area (Å²) in [5, 5.41) is 6.18. The second kappa shape index (κ2) is 8.89. The van der Waals surface area contributed by atoms with Crippen molar-refractivity contribution in [3.63, 3.8) is 0 Å². The van der Waals surface area contributed by atoms with Crippen molar-refractivity contribution in [2.45, 2.75) is 25.4 Å². The van der Waals surface area contributed by atoms with E-state index in [0.29, 0.717) is 22.6 Å². The second-order valence-electron chi connectivity index (χ2n) is 10.1. The molecule has 38 heavy (non-hydrogen) atoms. The maximum atomic E-state index is 14.2. The Balaban J connectivity index is 1.36. The number of para-hydroxylation sites is 1. The summed E-state index contributed by atoms with van der Waals surface area (Å²) in [6.07, 6.45) is 0. The minimum absolute atomic E-state index is 0.225. The van der Waals surface area contributed by atoms with Gasteiger partial charge in [0.15, 0.2) is 0 Å². The second-order valence-corrected chi connectivity index (χ2v) is 11.0. The van der Waals surface area contributed by atoms with Gasteiger partial charge in [0, 0.05) is 27.5 Å². The summed E-state index contributed by atoms with van der Waals surface area (Å²) in [5.41, 5.74) is 1.88. The zero-order chi connectivity index (χ0) is 26.8. The van der Waals surface area contributed by atoms with Crippen LogP contribution in [0.5, 0.6) is 0 Å². The van der Waals surface area contributed by atoms with Crippen molar-refractivity contribution in [2.24, 2.45) is 11.8 Å². The number of aryl methyl sites for hydroxylation is 1. The average Bonchev–Trinajstić information content (AvgIpc) is 3.44. The molecule has 8 nitrogen and oxygen atoms in total. The van der Waals surface area contributed by atoms with Gasteiger partial charge in [0.05, 0.1) is 17.5 Å². The first-order valence-corrected chi connectivity index (χ1v) is 13.2. The lowest BCUT2D eigenvalue weighted by atomic mass is 9.76. The SMILES string of the molecule is Cc1ccc(NC(=O)CN2C(=O)[C@]3(N[C@@H](C)[C@H]4C(=O)N(c5ccc(Br)cc5)C(=O)[C@H]43)c3ccccc32)cc1. The van der Waals surface area contributed by atoms with Crippen LogP contribution >= 0.6 is 15.9 Å². The van der Waals surface area contributed by atoms with Gasteiger partial charge < -0.3 is 10.2 Å². The van der Waals surface area contributed by atoms with Gasteiger partial charge in [-0.3, -0.25) is 24.5 Å². The Bertz CT molecular complexity index is 1490. The molecule has 4 atom stereocenters. The van der Waals surface area contributed by atoms with Crippen molar-refractivity contribution >= 4 is 56.6 Å². The maximum absolute atomic E-state index is 14.2. The molecule has 3 aromatic rings. The highest BCUT2D eigenvalue weighted by atomic mass is 79.9. The van der Waals surface area contributed by atoms with E-state index in [1.165, 1.54) is 9.80 Å². The van der Waals surface area contributed by atoms with Gasteiger partial charge in [-0.05, 0) is 56.3 Å². The van der Waals surface area contributed by atoms with Crippen LogP contribution in [0.3, 0.4) is 0 Å². The molecule has 0 unspecified atom stereocenters. The molecule has 192 valence electrons. The van der Waals surface area contributed by atoms with Gasteiger partial charge in [-0.1, -0.05) is 51.8 Å². The number of benzene rings is 3. The van der Waals surface area contributed by atoms with Gasteiger partial charge in [0.1, 0.15) is 12.1 Å². The molecule has 3 aliphatic rings. The van der Waals surface area contributed by atoms with E-state index in [1.807, 2.05) is 26.0 Å². The molecule has 0 saturated carbocycles. The highest BCUT2D eigenvalue weighted by Gasteiger charge is 2.71. The molecule has 0 radical (unpaired) electrons. The fourth-order valence-electron chi connectivity index (χ4n) is 6.09. The van der Waals surface area contributed by atoms with Gasteiger partial charge in [0.25, 0.3) is 5.91 Å². The van der Waals surface area contributed by atoms with Gasteiger partial charge in [-0.25, -0.2) is 4.90 Å². The van der Waals surface area contributed by atoms with Crippen LogP contribution in [0.1, 0.15) is 18.1 Å². The van der Waals surface area contributed by atoms with Crippen LogP contribution in [0.4, 0.5) is 17.1 Å². The van der Waals surface area contributed by atoms with E-state index in [9.17, 15) is 19.2 Å². The summed E-state index contributed by atoms with van der Waals surface area (Å²) in [6, 6.07) is 21.1. The zero-order valence-corrected chi connectivity index (χ0v) is 22.4. The Labute approximate surface area is 228 Å². The Morgan fingerprint density at radius 1 is 0.974 bits per heavy atom. The molecule has 1 spiro atoms. The Morgan fingerprint density at radius 2 is 1.66 bits per heavy atom. The number of amides is 4. The zero-order valence-electron chi connectivity index (χ0n) is 20.8. The van der Waals surface area contributed by atoms with Crippen LogP contribution in [-0.2, 0) is 24.7 Å². The number of hydrogen-bond donors (Lipinski definition) is 2. The number of carbonyl (C=O) groups excluding carboxylic acids is 4. The van der Waals surface area contributed by atoms with Crippen molar-refractivity contribution in [1.29, 1.82) is 0 Å². The summed E-state index contributed by atoms with van der Waals surface area (Å²) < 4.78 is 0.825. The van der Waals surface area contributed by atoms with Crippen molar-refractivity contribution < 1.29 is 19.2 Å². The van der Waals surface area contributed by atoms with Crippen LogP contribution in [0.15, 0.2) is 77.3 Å². The van der Waals surface area contributed by atoms with E-state index < -0.39 is 35.2 Å². The third kappa shape index (κ3) is 3.53. The van der Waals surface area contributed by atoms with E-state index >= 15 is 0 Å². The molecule has 9 heteroatoms. The van der Waals surface area contributed by atoms with Crippen molar-refractivity contribution in [1.82, 2.24) is 5.32 Å². The van der Waals surface area contributed by atoms with Gasteiger partial charge in [0.2, 0.25) is 17.7 Å². The summed E-state index contributed by atoms with van der Waals surface area (Å²) in [6.45, 7) is 3.56. The first kappa shape index (κ1) is 24.5. The summed E-state index contributed by atoms with van der Waals surface area (Å²) in [4.78, 5) is 57.4. The molecule has 3 aliphatic heterocycles. The highest BCUT2D eigenvalue weighted by molar-refractivity contribution is 9.10. The Kier molecular flexibility index (Phi) is 5.73. The largest absolute Gasteiger partial charge is 0.325 e. The smallest absolute Gasteiger partial charge is 0.253 e. The number of fused-ring (bicyclic) bond motifs is 4. The topological polar surface area (TPSA) is 98.8 Å². The Hall–Kier alpha value is -3.82. The molecule has 0 bridgehead atoms. The van der Waals surface area contributed by atoms with E-state index in [0.717, 1.165) is 10.0 Å². The Morgan fingerprint density at radius 3 is 2.37 bits per heavy atom. The molecular formula is C29H25BrN4O4. The predicted octanol–water partition coefficient (Wildman–Crippen LogP) is 3.74. The molecule has 0 aromatic heterocycles. The summed E-state index contributed by atoms with van der Waals surface area (Å²) in [7, 11) is 0. The molecular weight excluding hydrogens is 548 g/mol. The average molecular weight is 573 g/mol. The van der Waals surface area contributed by atoms with Crippen molar-refractivity contribution in [3.05, 3.63) is 88.4 Å². The quantitative estimate of drug-likeness (QED) is 0.464. The number of nitrogens with zero attached hydrogens (tertiary/aromatic N) is 2. The number of carbonyl (C=O) groups is 4. The lowest BCUT2D eigenvalue weighted by Crippen LogP contribution is -2.55. The molecule has 2 saturated heterocycles. The first-order valence-electron chi connectivity index (χ1n) is 12.4. The maximum Gasteiger partial charge on any atom is 0.253 e. The van der Waals surface area contributed by atoms with E-state index in [1.54, 1.807) is 60.7 Å². The third-order valence-corrected chi connectivity index (χ3v) is 8.26. The van der Waals surface area contributed by atoms with Gasteiger partial charge in [-0.2, -0.15) is 0 Å². The molecule has 2 N–H and O–H groups in total. The fourth-order valence-corrected chi connectivity index (χ4v) is 6.36. The minimum Gasteiger partial charge on any atom is -0.325 e. The number of anilines is 3. The molecule has 2 fully saturated rings. The fraction of sp³-hybridized carbons (Fsp3) is 0.241. The molecule has 4 amide bonds. The number of rotatable bonds is 4. The van der Waals surface area contributed by atoms with Crippen LogP contribution in [0.25, 0.3) is 0 Å². The number of hydrogen-bond acceptors (Lipinski definition) is 5.